The van der Waals surface area contributed by atoms with Crippen molar-refractivity contribution in [1.29, 1.82) is 0 Å². The molecule has 0 aliphatic heterocycles. The van der Waals surface area contributed by atoms with Crippen molar-refractivity contribution in [2.24, 2.45) is 5.92 Å². The zero-order valence-corrected chi connectivity index (χ0v) is 9.91. The van der Waals surface area contributed by atoms with Crippen molar-refractivity contribution in [2.45, 2.75) is 25.6 Å². The van der Waals surface area contributed by atoms with Gasteiger partial charge in [-0.05, 0) is 24.1 Å². The van der Waals surface area contributed by atoms with Gasteiger partial charge in [-0.1, -0.05) is 13.0 Å². The Hall–Kier alpha value is -1.63. The van der Waals surface area contributed by atoms with Crippen molar-refractivity contribution >= 4 is 5.97 Å². The second kappa shape index (κ2) is 5.56. The lowest BCUT2D eigenvalue weighted by molar-refractivity contribution is -0.148. The van der Waals surface area contributed by atoms with Gasteiger partial charge in [-0.3, -0.25) is 4.79 Å². The summed E-state index contributed by atoms with van der Waals surface area (Å²) < 4.78 is 51.1. The van der Waals surface area contributed by atoms with Gasteiger partial charge in [-0.15, -0.1) is 0 Å². The molecule has 1 rings (SSSR count). The first-order chi connectivity index (χ1) is 8.68. The van der Waals surface area contributed by atoms with Gasteiger partial charge in [-0.2, -0.15) is 13.2 Å². The summed E-state index contributed by atoms with van der Waals surface area (Å²) in [5, 5.41) is 18.6. The van der Waals surface area contributed by atoms with Crippen molar-refractivity contribution in [3.63, 3.8) is 0 Å². The Labute approximate surface area is 106 Å². The first-order valence-electron chi connectivity index (χ1n) is 5.46. The van der Waals surface area contributed by atoms with Crippen LogP contribution in [-0.2, 0) is 11.0 Å². The van der Waals surface area contributed by atoms with Crippen LogP contribution in [0.15, 0.2) is 18.2 Å². The highest BCUT2D eigenvalue weighted by Gasteiger charge is 2.38. The molecule has 19 heavy (non-hydrogen) atoms. The maximum atomic E-state index is 12.9. The Balaban J connectivity index is 3.30. The van der Waals surface area contributed by atoms with Crippen LogP contribution in [0.3, 0.4) is 0 Å². The van der Waals surface area contributed by atoms with Gasteiger partial charge in [-0.25, -0.2) is 4.39 Å². The second-order valence-corrected chi connectivity index (χ2v) is 4.03. The summed E-state index contributed by atoms with van der Waals surface area (Å²) in [6.07, 6.45) is -6.76. The monoisotopic (exact) mass is 280 g/mol. The van der Waals surface area contributed by atoms with E-state index in [1.54, 1.807) is 0 Å². The number of benzene rings is 1. The molecule has 0 amide bonds. The van der Waals surface area contributed by atoms with Crippen molar-refractivity contribution in [3.05, 3.63) is 35.1 Å². The molecule has 7 heteroatoms. The molecule has 0 spiro atoms. The number of rotatable bonds is 4. The minimum Gasteiger partial charge on any atom is -0.481 e. The fourth-order valence-electron chi connectivity index (χ4n) is 1.78. The Morgan fingerprint density at radius 2 is 1.95 bits per heavy atom. The molecule has 0 radical (unpaired) electrons. The third-order valence-corrected chi connectivity index (χ3v) is 2.78. The molecule has 2 N–H and O–H groups in total. The fraction of sp³-hybridized carbons (Fsp3) is 0.417. The van der Waals surface area contributed by atoms with Crippen LogP contribution in [0.4, 0.5) is 17.6 Å². The van der Waals surface area contributed by atoms with Gasteiger partial charge >= 0.3 is 12.1 Å². The molecule has 0 fully saturated rings. The minimum atomic E-state index is -4.87. The van der Waals surface area contributed by atoms with Gasteiger partial charge in [0.05, 0.1) is 17.6 Å². The third kappa shape index (κ3) is 3.44. The van der Waals surface area contributed by atoms with Crippen LogP contribution in [0.2, 0.25) is 0 Å². The summed E-state index contributed by atoms with van der Waals surface area (Å²) in [6, 6.07) is 1.75. The molecule has 1 aromatic rings. The van der Waals surface area contributed by atoms with Crippen LogP contribution in [0.25, 0.3) is 0 Å². The highest BCUT2D eigenvalue weighted by molar-refractivity contribution is 5.71. The average Bonchev–Trinajstić information content (AvgIpc) is 2.27. The normalized spacial score (nSPS) is 15.1. The van der Waals surface area contributed by atoms with E-state index in [1.165, 1.54) is 6.92 Å². The Kier molecular flexibility index (Phi) is 4.52. The largest absolute Gasteiger partial charge is 0.481 e. The molecule has 0 aliphatic carbocycles. The summed E-state index contributed by atoms with van der Waals surface area (Å²) in [6.45, 7) is 1.43. The number of hydrogen-bond donors (Lipinski definition) is 2. The number of aliphatic carboxylic acids is 1. The number of aliphatic hydroxyl groups is 1. The highest BCUT2D eigenvalue weighted by Crippen LogP contribution is 2.37. The van der Waals surface area contributed by atoms with Gasteiger partial charge in [0.25, 0.3) is 0 Å². The number of carboxylic acid groups (broad SMARTS) is 1. The van der Waals surface area contributed by atoms with Crippen LogP contribution < -0.4 is 0 Å². The van der Waals surface area contributed by atoms with E-state index in [1.807, 2.05) is 0 Å². The topological polar surface area (TPSA) is 57.5 Å². The van der Waals surface area contributed by atoms with Crippen molar-refractivity contribution in [3.8, 4) is 0 Å². The third-order valence-electron chi connectivity index (χ3n) is 2.78. The fourth-order valence-corrected chi connectivity index (χ4v) is 1.78. The lowest BCUT2D eigenvalue weighted by Gasteiger charge is -2.21. The SMILES string of the molecule is CCC(C(=O)O)C(O)c1ccc(F)cc1C(F)(F)F. The lowest BCUT2D eigenvalue weighted by atomic mass is 9.90. The van der Waals surface area contributed by atoms with Gasteiger partial charge in [0, 0.05) is 0 Å². The van der Waals surface area contributed by atoms with E-state index in [0.717, 1.165) is 12.1 Å². The molecule has 0 aromatic heterocycles. The summed E-state index contributed by atoms with van der Waals surface area (Å²) in [4.78, 5) is 10.9. The van der Waals surface area contributed by atoms with Crippen LogP contribution in [0, 0.1) is 11.7 Å². The molecule has 0 aliphatic rings. The van der Waals surface area contributed by atoms with E-state index in [4.69, 9.17) is 5.11 Å². The number of carbonyl (C=O) groups is 1. The minimum absolute atomic E-state index is 0.0504. The van der Waals surface area contributed by atoms with Crippen LogP contribution in [0.1, 0.15) is 30.6 Å². The molecular formula is C12H12F4O3. The van der Waals surface area contributed by atoms with E-state index in [9.17, 15) is 27.5 Å². The molecule has 106 valence electrons. The van der Waals surface area contributed by atoms with Gasteiger partial charge in [0.15, 0.2) is 0 Å². The van der Waals surface area contributed by atoms with E-state index in [0.29, 0.717) is 0 Å². The second-order valence-electron chi connectivity index (χ2n) is 4.03. The predicted octanol–water partition coefficient (Wildman–Crippen LogP) is 2.99. The Bertz CT molecular complexity index is 471. The van der Waals surface area contributed by atoms with E-state index >= 15 is 0 Å². The first-order valence-corrected chi connectivity index (χ1v) is 5.46. The highest BCUT2D eigenvalue weighted by atomic mass is 19.4. The van der Waals surface area contributed by atoms with Crippen LogP contribution in [0.5, 0.6) is 0 Å². The molecule has 0 bridgehead atoms. The Morgan fingerprint density at radius 3 is 2.37 bits per heavy atom. The maximum Gasteiger partial charge on any atom is 0.416 e. The maximum absolute atomic E-state index is 12.9. The molecule has 1 aromatic carbocycles. The molecule has 0 saturated heterocycles. The van der Waals surface area contributed by atoms with Crippen molar-refractivity contribution in [1.82, 2.24) is 0 Å². The molecule has 0 saturated carbocycles. The molecule has 2 atom stereocenters. The molecule has 2 unspecified atom stereocenters. The summed E-state index contributed by atoms with van der Waals surface area (Å²) in [7, 11) is 0. The lowest BCUT2D eigenvalue weighted by Crippen LogP contribution is -2.24. The molecular weight excluding hydrogens is 268 g/mol. The summed E-state index contributed by atoms with van der Waals surface area (Å²) in [5.74, 6) is -3.90. The van der Waals surface area contributed by atoms with Crippen molar-refractivity contribution in [2.75, 3.05) is 0 Å². The quantitative estimate of drug-likeness (QED) is 0.834. The van der Waals surface area contributed by atoms with Gasteiger partial charge in [0.1, 0.15) is 5.82 Å². The number of carboxylic acids is 1. The predicted molar refractivity (Wildman–Crippen MR) is 57.8 cm³/mol. The standard InChI is InChI=1S/C12H12F4O3/c1-2-7(11(18)19)10(17)8-4-3-6(13)5-9(8)12(14,15)16/h3-5,7,10,17H,2H2,1H3,(H,18,19). The van der Waals surface area contributed by atoms with E-state index < -0.39 is 41.1 Å². The number of halogens is 4. The van der Waals surface area contributed by atoms with Crippen molar-refractivity contribution < 1.29 is 32.6 Å². The summed E-state index contributed by atoms with van der Waals surface area (Å²) >= 11 is 0. The van der Waals surface area contributed by atoms with Crippen LogP contribution >= 0.6 is 0 Å². The average molecular weight is 280 g/mol. The zero-order chi connectivity index (χ0) is 14.8. The zero-order valence-electron chi connectivity index (χ0n) is 9.91. The number of aliphatic hydroxyl groups excluding tert-OH is 1. The Morgan fingerprint density at radius 1 is 1.37 bits per heavy atom. The number of hydrogen-bond acceptors (Lipinski definition) is 2. The van der Waals surface area contributed by atoms with E-state index in [2.05, 4.69) is 0 Å². The van der Waals surface area contributed by atoms with Crippen LogP contribution in [-0.4, -0.2) is 16.2 Å². The molecule has 3 nitrogen and oxygen atoms in total. The smallest absolute Gasteiger partial charge is 0.416 e. The van der Waals surface area contributed by atoms with Gasteiger partial charge in [0.2, 0.25) is 0 Å². The first kappa shape index (κ1) is 15.4. The van der Waals surface area contributed by atoms with E-state index in [-0.39, 0.29) is 12.5 Å². The van der Waals surface area contributed by atoms with Gasteiger partial charge < -0.3 is 10.2 Å². The number of alkyl halides is 3. The summed E-state index contributed by atoms with van der Waals surface area (Å²) in [5.41, 5.74) is -2.00. The molecule has 0 heterocycles.